The van der Waals surface area contributed by atoms with Crippen molar-refractivity contribution in [3.8, 4) is 0 Å². The van der Waals surface area contributed by atoms with Crippen molar-refractivity contribution in [1.29, 1.82) is 0 Å². The van der Waals surface area contributed by atoms with Gasteiger partial charge in [0.25, 0.3) is 5.91 Å². The molecule has 1 aromatic heterocycles. The van der Waals surface area contributed by atoms with E-state index in [4.69, 9.17) is 4.42 Å². The summed E-state index contributed by atoms with van der Waals surface area (Å²) >= 11 is 3.43. The summed E-state index contributed by atoms with van der Waals surface area (Å²) in [5, 5.41) is 0.130. The van der Waals surface area contributed by atoms with Crippen molar-refractivity contribution in [2.24, 2.45) is 0 Å². The molecule has 0 saturated carbocycles. The van der Waals surface area contributed by atoms with Crippen molar-refractivity contribution in [2.75, 3.05) is 0 Å². The molecule has 154 valence electrons. The topological polar surface area (TPSA) is 50.5 Å². The Morgan fingerprint density at radius 1 is 1.00 bits per heavy atom. The quantitative estimate of drug-likeness (QED) is 0.377. The van der Waals surface area contributed by atoms with E-state index in [1.807, 2.05) is 55.5 Å². The predicted octanol–water partition coefficient (Wildman–Crippen LogP) is 5.75. The summed E-state index contributed by atoms with van der Waals surface area (Å²) in [6, 6.07) is 18.5. The van der Waals surface area contributed by atoms with E-state index in [1.54, 1.807) is 4.90 Å². The maximum atomic E-state index is 13.8. The molecule has 2 heterocycles. The lowest BCUT2D eigenvalue weighted by molar-refractivity contribution is 0.0714. The lowest BCUT2D eigenvalue weighted by atomic mass is 9.98. The van der Waals surface area contributed by atoms with Gasteiger partial charge in [-0.25, -0.2) is 4.39 Å². The number of rotatable bonds is 3. The molecule has 0 aliphatic carbocycles. The third-order valence-corrected chi connectivity index (χ3v) is 6.12. The van der Waals surface area contributed by atoms with Crippen LogP contribution in [0.25, 0.3) is 11.0 Å². The molecule has 4 nitrogen and oxygen atoms in total. The summed E-state index contributed by atoms with van der Waals surface area (Å²) < 4.78 is 20.6. The number of carbonyl (C=O) groups is 1. The predicted molar refractivity (Wildman–Crippen MR) is 119 cm³/mol. The molecule has 1 aliphatic heterocycles. The summed E-state index contributed by atoms with van der Waals surface area (Å²) in [6.07, 6.45) is 0. The van der Waals surface area contributed by atoms with Gasteiger partial charge in [-0.15, -0.1) is 0 Å². The molecule has 0 fully saturated rings. The van der Waals surface area contributed by atoms with E-state index in [2.05, 4.69) is 15.9 Å². The number of amides is 1. The van der Waals surface area contributed by atoms with Crippen molar-refractivity contribution >= 4 is 32.8 Å². The van der Waals surface area contributed by atoms with Crippen molar-refractivity contribution in [2.45, 2.75) is 19.5 Å². The summed E-state index contributed by atoms with van der Waals surface area (Å²) in [7, 11) is 0. The second-order valence-corrected chi connectivity index (χ2v) is 8.60. The van der Waals surface area contributed by atoms with Crippen LogP contribution in [0.5, 0.6) is 0 Å². The van der Waals surface area contributed by atoms with Crippen molar-refractivity contribution in [1.82, 2.24) is 4.90 Å². The average Bonchev–Trinajstić information content (AvgIpc) is 3.03. The molecular weight excluding hydrogens is 461 g/mol. The Morgan fingerprint density at radius 2 is 1.71 bits per heavy atom. The molecule has 0 N–H and O–H groups in total. The van der Waals surface area contributed by atoms with Crippen LogP contribution in [-0.4, -0.2) is 10.8 Å². The Morgan fingerprint density at radius 3 is 2.42 bits per heavy atom. The summed E-state index contributed by atoms with van der Waals surface area (Å²) in [5.74, 6) is -0.864. The zero-order chi connectivity index (χ0) is 21.7. The molecule has 1 unspecified atom stereocenters. The second-order valence-electron chi connectivity index (χ2n) is 7.69. The van der Waals surface area contributed by atoms with Crippen LogP contribution < -0.4 is 5.43 Å². The minimum atomic E-state index is -0.624. The molecule has 3 aromatic carbocycles. The van der Waals surface area contributed by atoms with Crippen LogP contribution in [0.2, 0.25) is 0 Å². The molecule has 0 bridgehead atoms. The van der Waals surface area contributed by atoms with Crippen LogP contribution in [0.4, 0.5) is 4.39 Å². The highest BCUT2D eigenvalue weighted by molar-refractivity contribution is 9.10. The van der Waals surface area contributed by atoms with E-state index >= 15 is 0 Å². The highest BCUT2D eigenvalue weighted by Crippen LogP contribution is 2.39. The Bertz CT molecular complexity index is 1380. The van der Waals surface area contributed by atoms with Gasteiger partial charge in [0.1, 0.15) is 11.4 Å². The number of hydrogen-bond acceptors (Lipinski definition) is 3. The molecular formula is C25H17BrFNO3. The third kappa shape index (κ3) is 3.37. The number of nitrogens with zero attached hydrogens (tertiary/aromatic N) is 1. The lowest BCUT2D eigenvalue weighted by Gasteiger charge is -2.25. The fraction of sp³-hybridized carbons (Fsp3) is 0.120. The van der Waals surface area contributed by atoms with Gasteiger partial charge in [-0.3, -0.25) is 9.59 Å². The van der Waals surface area contributed by atoms with Crippen molar-refractivity contribution in [3.05, 3.63) is 115 Å². The molecule has 5 rings (SSSR count). The number of hydrogen-bond donors (Lipinski definition) is 0. The van der Waals surface area contributed by atoms with Gasteiger partial charge in [0.05, 0.1) is 17.0 Å². The fourth-order valence-corrected chi connectivity index (χ4v) is 4.30. The zero-order valence-electron chi connectivity index (χ0n) is 16.6. The first-order valence-corrected chi connectivity index (χ1v) is 10.6. The van der Waals surface area contributed by atoms with Crippen LogP contribution in [-0.2, 0) is 6.54 Å². The number of aryl methyl sites for hydroxylation is 1. The zero-order valence-corrected chi connectivity index (χ0v) is 18.1. The van der Waals surface area contributed by atoms with Crippen LogP contribution in [0.15, 0.2) is 80.4 Å². The Balaban J connectivity index is 1.72. The highest BCUT2D eigenvalue weighted by Gasteiger charge is 2.42. The number of carbonyl (C=O) groups excluding carboxylic acids is 1. The van der Waals surface area contributed by atoms with Gasteiger partial charge in [0, 0.05) is 11.0 Å². The number of fused-ring (bicyclic) bond motifs is 2. The Hall–Kier alpha value is -3.25. The van der Waals surface area contributed by atoms with Crippen molar-refractivity contribution < 1.29 is 13.6 Å². The van der Waals surface area contributed by atoms with Crippen LogP contribution in [0, 0.1) is 12.7 Å². The van der Waals surface area contributed by atoms with Gasteiger partial charge < -0.3 is 9.32 Å². The smallest absolute Gasteiger partial charge is 0.291 e. The maximum Gasteiger partial charge on any atom is 0.291 e. The molecule has 1 amide bonds. The molecule has 0 spiro atoms. The van der Waals surface area contributed by atoms with Gasteiger partial charge >= 0.3 is 0 Å². The molecule has 4 aromatic rings. The number of benzene rings is 3. The first-order valence-electron chi connectivity index (χ1n) is 9.80. The summed E-state index contributed by atoms with van der Waals surface area (Å²) in [5.41, 5.74) is 2.91. The van der Waals surface area contributed by atoms with Crippen LogP contribution in [0.1, 0.15) is 38.9 Å². The fourth-order valence-electron chi connectivity index (χ4n) is 4.04. The van der Waals surface area contributed by atoms with Gasteiger partial charge in [-0.1, -0.05) is 57.9 Å². The van der Waals surface area contributed by atoms with E-state index in [-0.39, 0.29) is 33.6 Å². The minimum absolute atomic E-state index is 0.0177. The SMILES string of the molecule is Cc1ccc(CN2C(=O)c3oc4ccc(F)cc4c(=O)c3C2c2ccc(Br)cc2)cc1. The van der Waals surface area contributed by atoms with E-state index in [0.29, 0.717) is 6.54 Å². The van der Waals surface area contributed by atoms with Gasteiger partial charge in [-0.2, -0.15) is 0 Å². The second kappa shape index (κ2) is 7.46. The van der Waals surface area contributed by atoms with Gasteiger partial charge in [0.2, 0.25) is 5.76 Å². The average molecular weight is 478 g/mol. The largest absolute Gasteiger partial charge is 0.450 e. The molecule has 0 saturated heterocycles. The van der Waals surface area contributed by atoms with Crippen LogP contribution in [0.3, 0.4) is 0 Å². The van der Waals surface area contributed by atoms with Gasteiger partial charge in [-0.05, 0) is 48.4 Å². The normalized spacial score (nSPS) is 15.5. The molecule has 1 aliphatic rings. The van der Waals surface area contributed by atoms with E-state index < -0.39 is 11.9 Å². The highest BCUT2D eigenvalue weighted by atomic mass is 79.9. The van der Waals surface area contributed by atoms with E-state index in [9.17, 15) is 14.0 Å². The third-order valence-electron chi connectivity index (χ3n) is 5.59. The Kier molecular flexibility index (Phi) is 4.74. The van der Waals surface area contributed by atoms with E-state index in [1.165, 1.54) is 12.1 Å². The summed E-state index contributed by atoms with van der Waals surface area (Å²) in [6.45, 7) is 2.31. The monoisotopic (exact) mass is 477 g/mol. The molecule has 6 heteroatoms. The maximum absolute atomic E-state index is 13.8. The lowest BCUT2D eigenvalue weighted by Crippen LogP contribution is -2.29. The van der Waals surface area contributed by atoms with Gasteiger partial charge in [0.15, 0.2) is 5.43 Å². The minimum Gasteiger partial charge on any atom is -0.450 e. The molecule has 0 radical (unpaired) electrons. The molecule has 31 heavy (non-hydrogen) atoms. The first-order chi connectivity index (χ1) is 14.9. The summed E-state index contributed by atoms with van der Waals surface area (Å²) in [4.78, 5) is 28.4. The van der Waals surface area contributed by atoms with Crippen LogP contribution >= 0.6 is 15.9 Å². The Labute approximate surface area is 186 Å². The van der Waals surface area contributed by atoms with E-state index in [0.717, 1.165) is 27.2 Å². The standard InChI is InChI=1S/C25H17BrFNO3/c1-14-2-4-15(5-3-14)13-28-22(16-6-8-17(26)9-7-16)21-23(29)19-12-18(27)10-11-20(19)31-24(21)25(28)30/h2-12,22H,13H2,1H3. The number of halogens is 2. The first kappa shape index (κ1) is 19.7. The molecule has 1 atom stereocenters. The van der Waals surface area contributed by atoms with Crippen molar-refractivity contribution in [3.63, 3.8) is 0 Å².